The van der Waals surface area contributed by atoms with Gasteiger partial charge in [0.15, 0.2) is 11.5 Å². The molecule has 0 saturated heterocycles. The van der Waals surface area contributed by atoms with Gasteiger partial charge in [-0.1, -0.05) is 63.0 Å². The van der Waals surface area contributed by atoms with E-state index in [-0.39, 0.29) is 19.1 Å². The van der Waals surface area contributed by atoms with Crippen LogP contribution in [0.1, 0.15) is 75.8 Å². The van der Waals surface area contributed by atoms with Crippen molar-refractivity contribution in [3.8, 4) is 12.3 Å². The van der Waals surface area contributed by atoms with Crippen molar-refractivity contribution in [2.24, 2.45) is 0 Å². The Hall–Kier alpha value is -2.41. The van der Waals surface area contributed by atoms with Gasteiger partial charge >= 0.3 is 7.60 Å². The lowest BCUT2D eigenvalue weighted by atomic mass is 10.0. The number of imidazole rings is 1. The molecule has 2 heterocycles. The molecule has 0 bridgehead atoms. The van der Waals surface area contributed by atoms with Crippen LogP contribution in [0.25, 0.3) is 11.2 Å². The van der Waals surface area contributed by atoms with E-state index in [1.54, 1.807) is 22.7 Å². The number of anilines is 1. The van der Waals surface area contributed by atoms with E-state index in [9.17, 15) is 9.46 Å². The van der Waals surface area contributed by atoms with E-state index < -0.39 is 7.60 Å². The molecule has 0 saturated carbocycles. The Morgan fingerprint density at radius 1 is 1.02 bits per heavy atom. The summed E-state index contributed by atoms with van der Waals surface area (Å²) in [6, 6.07) is 8.33. The summed E-state index contributed by atoms with van der Waals surface area (Å²) in [7, 11) is -3.81. The Bertz CT molecular complexity index is 1260. The molecule has 224 valence electrons. The van der Waals surface area contributed by atoms with Crippen LogP contribution in [-0.4, -0.2) is 55.0 Å². The summed E-state index contributed by atoms with van der Waals surface area (Å²) in [5.74, 6) is 4.71. The first-order valence-corrected chi connectivity index (χ1v) is 17.4. The molecule has 2 aromatic heterocycles. The lowest BCUT2D eigenvalue weighted by Gasteiger charge is -2.17. The number of unbranched alkanes of at least 4 members (excludes halogenated alkanes) is 8. The van der Waals surface area contributed by atoms with Gasteiger partial charge in [0.1, 0.15) is 18.2 Å². The molecule has 0 aliphatic carbocycles. The zero-order valence-electron chi connectivity index (χ0n) is 24.1. The topological polar surface area (TPSA) is 125 Å². The molecule has 3 aromatic rings. The van der Waals surface area contributed by atoms with Crippen molar-refractivity contribution in [2.75, 3.05) is 30.2 Å². The lowest BCUT2D eigenvalue weighted by molar-refractivity contribution is 0.0724. The Labute approximate surface area is 248 Å². The summed E-state index contributed by atoms with van der Waals surface area (Å²) in [4.78, 5) is 22.4. The minimum absolute atomic E-state index is 0.231. The third kappa shape index (κ3) is 12.6. The quantitative estimate of drug-likeness (QED) is 0.0806. The SMILES string of the molecule is C#Cc1ccc(CCCCCCCCCCCSCCOP(=O)(O)CO[C@H](C)Cn2cnc3c(N)ncnc32)cc1. The second kappa shape index (κ2) is 18.2. The number of ether oxygens (including phenoxy) is 1. The fraction of sp³-hybridized carbons (Fsp3) is 0.567. The van der Waals surface area contributed by atoms with Crippen molar-refractivity contribution in [1.82, 2.24) is 19.5 Å². The van der Waals surface area contributed by atoms with Crippen LogP contribution in [0, 0.1) is 12.3 Å². The molecule has 1 unspecified atom stereocenters. The molecule has 3 rings (SSSR count). The predicted molar refractivity (Wildman–Crippen MR) is 168 cm³/mol. The number of aromatic nitrogens is 4. The number of hydrogen-bond acceptors (Lipinski definition) is 8. The maximum absolute atomic E-state index is 12.3. The highest BCUT2D eigenvalue weighted by atomic mass is 32.2. The Morgan fingerprint density at radius 2 is 1.71 bits per heavy atom. The summed E-state index contributed by atoms with van der Waals surface area (Å²) >= 11 is 1.76. The first kappa shape index (κ1) is 33.1. The summed E-state index contributed by atoms with van der Waals surface area (Å²) in [6.07, 6.45) is 20.3. The summed E-state index contributed by atoms with van der Waals surface area (Å²) in [6.45, 7) is 2.46. The number of benzene rings is 1. The molecule has 9 nitrogen and oxygen atoms in total. The highest BCUT2D eigenvalue weighted by Crippen LogP contribution is 2.42. The zero-order valence-corrected chi connectivity index (χ0v) is 25.8. The fourth-order valence-electron chi connectivity index (χ4n) is 4.50. The summed E-state index contributed by atoms with van der Waals surface area (Å²) in [5, 5.41) is 0. The zero-order chi connectivity index (χ0) is 29.3. The van der Waals surface area contributed by atoms with Gasteiger partial charge in [0.2, 0.25) is 0 Å². The molecule has 0 fully saturated rings. The van der Waals surface area contributed by atoms with Crippen LogP contribution in [0.3, 0.4) is 0 Å². The van der Waals surface area contributed by atoms with Gasteiger partial charge in [0.05, 0.1) is 25.6 Å². The van der Waals surface area contributed by atoms with Gasteiger partial charge in [0, 0.05) is 11.3 Å². The summed E-state index contributed by atoms with van der Waals surface area (Å²) in [5.41, 5.74) is 9.25. The molecular formula is C30H44N5O4PS. The number of nitrogens with two attached hydrogens (primary N) is 1. The molecule has 41 heavy (non-hydrogen) atoms. The van der Waals surface area contributed by atoms with Crippen molar-refractivity contribution in [3.63, 3.8) is 0 Å². The highest BCUT2D eigenvalue weighted by molar-refractivity contribution is 7.99. The molecule has 11 heteroatoms. The van der Waals surface area contributed by atoms with E-state index in [0.717, 1.165) is 17.7 Å². The minimum atomic E-state index is -3.81. The van der Waals surface area contributed by atoms with Crippen molar-refractivity contribution in [2.45, 2.75) is 83.8 Å². The second-order valence-electron chi connectivity index (χ2n) is 10.3. The predicted octanol–water partition coefficient (Wildman–Crippen LogP) is 6.44. The van der Waals surface area contributed by atoms with E-state index in [1.165, 1.54) is 69.7 Å². The van der Waals surface area contributed by atoms with Crippen LogP contribution < -0.4 is 5.73 Å². The van der Waals surface area contributed by atoms with E-state index in [1.807, 2.05) is 19.1 Å². The third-order valence-electron chi connectivity index (χ3n) is 6.80. The van der Waals surface area contributed by atoms with E-state index in [4.69, 9.17) is 21.4 Å². The standard InChI is InChI=1S/C30H44N5O4PS/c1-3-26-14-16-27(17-15-26)13-11-9-7-5-4-6-8-10-12-19-41-20-18-39-40(36,37)24-38-25(2)21-35-23-34-28-29(31)32-22-33-30(28)35/h1,14-17,22-23,25H,4-13,18-21,24H2,2H3,(H,36,37)(H2,31,32,33)/t25-/m1/s1. The Kier molecular flexibility index (Phi) is 14.7. The van der Waals surface area contributed by atoms with Gasteiger partial charge in [-0.3, -0.25) is 4.57 Å². The average Bonchev–Trinajstić information content (AvgIpc) is 3.38. The van der Waals surface area contributed by atoms with E-state index >= 15 is 0 Å². The van der Waals surface area contributed by atoms with Crippen LogP contribution in [-0.2, 0) is 26.8 Å². The summed E-state index contributed by atoms with van der Waals surface area (Å²) < 4.78 is 24.9. The number of hydrogen-bond donors (Lipinski definition) is 2. The monoisotopic (exact) mass is 601 g/mol. The Morgan fingerprint density at radius 3 is 2.41 bits per heavy atom. The first-order chi connectivity index (χ1) is 19.9. The smallest absolute Gasteiger partial charge is 0.353 e. The van der Waals surface area contributed by atoms with Crippen LogP contribution >= 0.6 is 19.4 Å². The Balaban J connectivity index is 1.11. The highest BCUT2D eigenvalue weighted by Gasteiger charge is 2.21. The van der Waals surface area contributed by atoms with Gasteiger partial charge in [-0.25, -0.2) is 15.0 Å². The molecule has 0 amide bonds. The molecule has 1 aromatic carbocycles. The van der Waals surface area contributed by atoms with Crippen molar-refractivity contribution in [1.29, 1.82) is 0 Å². The molecule has 0 spiro atoms. The number of nitrogen functional groups attached to an aromatic ring is 1. The van der Waals surface area contributed by atoms with Crippen molar-refractivity contribution >= 4 is 36.3 Å². The third-order valence-corrected chi connectivity index (χ3v) is 8.90. The van der Waals surface area contributed by atoms with Gasteiger partial charge in [-0.2, -0.15) is 11.8 Å². The lowest BCUT2D eigenvalue weighted by Crippen LogP contribution is -2.17. The van der Waals surface area contributed by atoms with Crippen LogP contribution in [0.4, 0.5) is 5.82 Å². The minimum Gasteiger partial charge on any atom is -0.382 e. The largest absolute Gasteiger partial charge is 0.382 e. The van der Waals surface area contributed by atoms with Crippen LogP contribution in [0.15, 0.2) is 36.9 Å². The second-order valence-corrected chi connectivity index (χ2v) is 13.3. The maximum atomic E-state index is 12.3. The van der Waals surface area contributed by atoms with Crippen molar-refractivity contribution in [3.05, 3.63) is 48.0 Å². The maximum Gasteiger partial charge on any atom is 0.353 e. The number of nitrogens with zero attached hydrogens (tertiary/aromatic N) is 4. The number of fused-ring (bicyclic) bond motifs is 1. The van der Waals surface area contributed by atoms with E-state index in [0.29, 0.717) is 29.3 Å². The molecule has 2 atom stereocenters. The van der Waals surface area contributed by atoms with Gasteiger partial charge in [0.25, 0.3) is 0 Å². The fourth-order valence-corrected chi connectivity index (χ4v) is 6.33. The van der Waals surface area contributed by atoms with Crippen LogP contribution in [0.5, 0.6) is 0 Å². The van der Waals surface area contributed by atoms with Crippen molar-refractivity contribution < 1.29 is 18.7 Å². The van der Waals surface area contributed by atoms with Gasteiger partial charge in [-0.05, 0) is 49.6 Å². The molecule has 0 aliphatic heterocycles. The number of aryl methyl sites for hydroxylation is 1. The molecule has 0 aliphatic rings. The normalized spacial score (nSPS) is 13.7. The number of terminal acetylenes is 1. The van der Waals surface area contributed by atoms with Crippen LogP contribution in [0.2, 0.25) is 0 Å². The average molecular weight is 602 g/mol. The molecule has 0 radical (unpaired) electrons. The number of thioether (sulfide) groups is 1. The number of rotatable bonds is 21. The van der Waals surface area contributed by atoms with Gasteiger partial charge < -0.3 is 24.5 Å². The molecule has 3 N–H and O–H groups in total. The first-order valence-electron chi connectivity index (χ1n) is 14.5. The van der Waals surface area contributed by atoms with E-state index in [2.05, 4.69) is 33.0 Å². The molecular weight excluding hydrogens is 557 g/mol. The van der Waals surface area contributed by atoms with Gasteiger partial charge in [-0.15, -0.1) is 6.42 Å².